The number of carbonyl (C=O) groups is 1. The molecule has 0 bridgehead atoms. The molecule has 0 aliphatic carbocycles. The summed E-state index contributed by atoms with van der Waals surface area (Å²) in [5, 5.41) is 0.310. The number of nitrogens with one attached hydrogen (secondary N) is 1. The molecule has 0 spiro atoms. The van der Waals surface area contributed by atoms with Crippen LogP contribution in [0.25, 0.3) is 16.4 Å². The Kier molecular flexibility index (Phi) is 3.76. The number of carbonyl (C=O) groups excluding carboxylic acids is 1. The van der Waals surface area contributed by atoms with Gasteiger partial charge in [-0.05, 0) is 36.8 Å². The summed E-state index contributed by atoms with van der Waals surface area (Å²) in [6, 6.07) is 10.2. The SMILES string of the molecule is CCCn1c(=O)[nH]c2ccc(C(=O)c3ncc4ccccn34)cc2c1=O. The van der Waals surface area contributed by atoms with E-state index in [4.69, 9.17) is 0 Å². The third kappa shape index (κ3) is 2.45. The topological polar surface area (TPSA) is 89.2 Å². The maximum absolute atomic E-state index is 12.9. The van der Waals surface area contributed by atoms with Crippen LogP contribution in [0.1, 0.15) is 29.5 Å². The highest BCUT2D eigenvalue weighted by Crippen LogP contribution is 2.15. The lowest BCUT2D eigenvalue weighted by atomic mass is 10.1. The number of ketones is 1. The van der Waals surface area contributed by atoms with Gasteiger partial charge in [0.2, 0.25) is 5.78 Å². The van der Waals surface area contributed by atoms with Crippen LogP contribution < -0.4 is 11.2 Å². The first-order valence-electron chi connectivity index (χ1n) is 8.34. The summed E-state index contributed by atoms with van der Waals surface area (Å²) in [6.07, 6.45) is 4.05. The van der Waals surface area contributed by atoms with Crippen LogP contribution in [0, 0.1) is 0 Å². The predicted octanol–water partition coefficient (Wildman–Crippen LogP) is 1.98. The Labute approximate surface area is 147 Å². The van der Waals surface area contributed by atoms with Crippen molar-refractivity contribution in [2.24, 2.45) is 0 Å². The molecular weight excluding hydrogens is 332 g/mol. The quantitative estimate of drug-likeness (QED) is 0.571. The smallest absolute Gasteiger partial charge is 0.307 e. The van der Waals surface area contributed by atoms with E-state index in [2.05, 4.69) is 9.97 Å². The highest BCUT2D eigenvalue weighted by atomic mass is 16.2. The zero-order chi connectivity index (χ0) is 18.3. The Balaban J connectivity index is 1.88. The molecule has 0 saturated heterocycles. The summed E-state index contributed by atoms with van der Waals surface area (Å²) in [7, 11) is 0. The molecule has 0 atom stereocenters. The number of H-pyrrole nitrogens is 1. The largest absolute Gasteiger partial charge is 0.328 e. The molecule has 0 unspecified atom stereocenters. The number of hydrogen-bond acceptors (Lipinski definition) is 4. The lowest BCUT2D eigenvalue weighted by Crippen LogP contribution is -2.35. The summed E-state index contributed by atoms with van der Waals surface area (Å²) < 4.78 is 2.86. The molecule has 4 rings (SSSR count). The summed E-state index contributed by atoms with van der Waals surface area (Å²) >= 11 is 0. The van der Waals surface area contributed by atoms with Gasteiger partial charge in [-0.25, -0.2) is 9.78 Å². The van der Waals surface area contributed by atoms with Gasteiger partial charge < -0.3 is 4.98 Å². The van der Waals surface area contributed by atoms with Crippen molar-refractivity contribution in [1.29, 1.82) is 0 Å². The van der Waals surface area contributed by atoms with Crippen molar-refractivity contribution in [3.63, 3.8) is 0 Å². The van der Waals surface area contributed by atoms with Gasteiger partial charge in [0.15, 0.2) is 5.82 Å². The first-order chi connectivity index (χ1) is 12.6. The van der Waals surface area contributed by atoms with E-state index >= 15 is 0 Å². The number of imidazole rings is 1. The number of hydrogen-bond donors (Lipinski definition) is 1. The van der Waals surface area contributed by atoms with Crippen LogP contribution in [0.2, 0.25) is 0 Å². The average molecular weight is 348 g/mol. The molecule has 1 aromatic carbocycles. The minimum Gasteiger partial charge on any atom is -0.307 e. The number of benzene rings is 1. The molecule has 0 aliphatic rings. The maximum atomic E-state index is 12.9. The predicted molar refractivity (Wildman–Crippen MR) is 97.7 cm³/mol. The Hall–Kier alpha value is -3.48. The molecule has 3 aromatic heterocycles. The number of fused-ring (bicyclic) bond motifs is 2. The zero-order valence-electron chi connectivity index (χ0n) is 14.1. The van der Waals surface area contributed by atoms with E-state index in [1.165, 1.54) is 6.07 Å². The van der Waals surface area contributed by atoms with Gasteiger partial charge in [-0.1, -0.05) is 13.0 Å². The molecule has 0 fully saturated rings. The van der Waals surface area contributed by atoms with Crippen molar-refractivity contribution in [1.82, 2.24) is 18.9 Å². The Morgan fingerprint density at radius 1 is 1.19 bits per heavy atom. The molecule has 0 aliphatic heterocycles. The fourth-order valence-corrected chi connectivity index (χ4v) is 3.06. The minimum absolute atomic E-state index is 0.276. The first kappa shape index (κ1) is 16.0. The second-order valence-electron chi connectivity index (χ2n) is 6.05. The number of aromatic amines is 1. The van der Waals surface area contributed by atoms with E-state index in [1.807, 2.05) is 25.1 Å². The molecule has 7 nitrogen and oxygen atoms in total. The number of rotatable bonds is 4. The number of nitrogens with zero attached hydrogens (tertiary/aromatic N) is 3. The van der Waals surface area contributed by atoms with Crippen LogP contribution >= 0.6 is 0 Å². The second-order valence-corrected chi connectivity index (χ2v) is 6.05. The molecular formula is C19H16N4O3. The lowest BCUT2D eigenvalue weighted by molar-refractivity contribution is 0.102. The van der Waals surface area contributed by atoms with Crippen LogP contribution in [0.4, 0.5) is 0 Å². The summed E-state index contributed by atoms with van der Waals surface area (Å²) in [6.45, 7) is 2.21. The molecule has 3 heterocycles. The molecule has 7 heteroatoms. The van der Waals surface area contributed by atoms with Crippen molar-refractivity contribution in [3.8, 4) is 0 Å². The minimum atomic E-state index is -0.442. The third-order valence-electron chi connectivity index (χ3n) is 4.33. The average Bonchev–Trinajstić information content (AvgIpc) is 3.08. The van der Waals surface area contributed by atoms with Crippen molar-refractivity contribution in [2.75, 3.05) is 0 Å². The van der Waals surface area contributed by atoms with Gasteiger partial charge in [0.25, 0.3) is 5.56 Å². The molecule has 26 heavy (non-hydrogen) atoms. The highest BCUT2D eigenvalue weighted by molar-refractivity contribution is 6.08. The van der Waals surface area contributed by atoms with E-state index in [0.29, 0.717) is 29.4 Å². The Bertz CT molecular complexity index is 1260. The van der Waals surface area contributed by atoms with Gasteiger partial charge in [0, 0.05) is 18.3 Å². The van der Waals surface area contributed by atoms with Gasteiger partial charge >= 0.3 is 5.69 Å². The maximum Gasteiger partial charge on any atom is 0.328 e. The van der Waals surface area contributed by atoms with Gasteiger partial charge in [0.05, 0.1) is 22.6 Å². The van der Waals surface area contributed by atoms with E-state index in [9.17, 15) is 14.4 Å². The zero-order valence-corrected chi connectivity index (χ0v) is 14.1. The van der Waals surface area contributed by atoms with E-state index in [1.54, 1.807) is 28.9 Å². The van der Waals surface area contributed by atoms with Gasteiger partial charge in [-0.15, -0.1) is 0 Å². The number of pyridine rings is 1. The normalized spacial score (nSPS) is 11.3. The standard InChI is InChI=1S/C19H16N4O3/c1-2-8-23-18(25)14-10-12(6-7-15(14)21-19(23)26)16(24)17-20-11-13-5-3-4-9-22(13)17/h3-7,9-11H,2,8H2,1H3,(H,21,26). The van der Waals surface area contributed by atoms with Crippen LogP contribution in [0.15, 0.2) is 58.4 Å². The molecule has 1 N–H and O–H groups in total. The van der Waals surface area contributed by atoms with Gasteiger partial charge in [0.1, 0.15) is 0 Å². The van der Waals surface area contributed by atoms with E-state index in [-0.39, 0.29) is 11.6 Å². The van der Waals surface area contributed by atoms with Crippen LogP contribution in [0.5, 0.6) is 0 Å². The van der Waals surface area contributed by atoms with Gasteiger partial charge in [-0.2, -0.15) is 0 Å². The molecule has 0 saturated carbocycles. The van der Waals surface area contributed by atoms with Gasteiger partial charge in [-0.3, -0.25) is 18.6 Å². The molecule has 4 aromatic rings. The van der Waals surface area contributed by atoms with Crippen molar-refractivity contribution in [2.45, 2.75) is 19.9 Å². The van der Waals surface area contributed by atoms with E-state index < -0.39 is 11.2 Å². The fourth-order valence-electron chi connectivity index (χ4n) is 3.06. The third-order valence-corrected chi connectivity index (χ3v) is 4.33. The van der Waals surface area contributed by atoms with Crippen molar-refractivity contribution in [3.05, 3.63) is 81.0 Å². The van der Waals surface area contributed by atoms with Crippen LogP contribution in [-0.2, 0) is 6.54 Å². The van der Waals surface area contributed by atoms with E-state index in [0.717, 1.165) is 10.1 Å². The highest BCUT2D eigenvalue weighted by Gasteiger charge is 2.17. The Morgan fingerprint density at radius 3 is 2.85 bits per heavy atom. The van der Waals surface area contributed by atoms with Crippen LogP contribution in [-0.4, -0.2) is 24.7 Å². The van der Waals surface area contributed by atoms with Crippen molar-refractivity contribution < 1.29 is 4.79 Å². The summed E-state index contributed by atoms with van der Waals surface area (Å²) in [4.78, 5) is 44.4. The van der Waals surface area contributed by atoms with Crippen LogP contribution in [0.3, 0.4) is 0 Å². The fraction of sp³-hybridized carbons (Fsp3) is 0.158. The van der Waals surface area contributed by atoms with Crippen molar-refractivity contribution >= 4 is 22.2 Å². The number of aromatic nitrogens is 4. The summed E-state index contributed by atoms with van der Waals surface area (Å²) in [5.74, 6) is -0.0102. The summed E-state index contributed by atoms with van der Waals surface area (Å²) in [5.41, 5.74) is 0.736. The second kappa shape index (κ2) is 6.11. The molecule has 130 valence electrons. The first-order valence-corrected chi connectivity index (χ1v) is 8.34. The monoisotopic (exact) mass is 348 g/mol. The Morgan fingerprint density at radius 2 is 2.04 bits per heavy atom. The molecule has 0 amide bonds. The molecule has 0 radical (unpaired) electrons. The lowest BCUT2D eigenvalue weighted by Gasteiger charge is -2.06.